The Morgan fingerprint density at radius 3 is 2.71 bits per heavy atom. The first-order chi connectivity index (χ1) is 7.86. The second-order valence-corrected chi connectivity index (χ2v) is 3.98. The molecule has 0 fully saturated rings. The third kappa shape index (κ3) is 3.69. The van der Waals surface area contributed by atoms with Crippen molar-refractivity contribution in [2.75, 3.05) is 6.61 Å². The lowest BCUT2D eigenvalue weighted by molar-refractivity contribution is -0.144. The quantitative estimate of drug-likeness (QED) is 0.636. The maximum atomic E-state index is 12.4. The van der Waals surface area contributed by atoms with Gasteiger partial charge in [-0.15, -0.1) is 0 Å². The Labute approximate surface area is 104 Å². The number of pyridine rings is 1. The number of carbonyl (C=O) groups is 1. The van der Waals surface area contributed by atoms with Gasteiger partial charge >= 0.3 is 12.1 Å². The summed E-state index contributed by atoms with van der Waals surface area (Å²) in [6, 6.07) is 3.36. The van der Waals surface area contributed by atoms with Crippen LogP contribution in [0.25, 0.3) is 0 Å². The monoisotopic (exact) mass is 311 g/mol. The van der Waals surface area contributed by atoms with Crippen LogP contribution < -0.4 is 0 Å². The Morgan fingerprint density at radius 1 is 1.53 bits per heavy atom. The highest BCUT2D eigenvalue weighted by Gasteiger charge is 2.33. The number of carbonyl (C=O) groups excluding carboxylic acids is 1. The van der Waals surface area contributed by atoms with Crippen LogP contribution in [0.3, 0.4) is 0 Å². The Hall–Kier alpha value is -1.11. The van der Waals surface area contributed by atoms with Crippen LogP contribution in [0, 0.1) is 0 Å². The summed E-state index contributed by atoms with van der Waals surface area (Å²) < 4.78 is 41.8. The van der Waals surface area contributed by atoms with Gasteiger partial charge in [-0.2, -0.15) is 13.2 Å². The molecule has 0 spiro atoms. The van der Waals surface area contributed by atoms with Gasteiger partial charge in [0.05, 0.1) is 12.3 Å². The minimum atomic E-state index is -4.53. The first-order valence-corrected chi connectivity index (χ1v) is 5.62. The van der Waals surface area contributed by atoms with Gasteiger partial charge in [-0.1, -0.05) is 22.0 Å². The summed E-state index contributed by atoms with van der Waals surface area (Å²) in [6.45, 7) is 1.76. The van der Waals surface area contributed by atoms with Gasteiger partial charge in [0.15, 0.2) is 4.83 Å². The molecule has 1 unspecified atom stereocenters. The van der Waals surface area contributed by atoms with Gasteiger partial charge in [0.25, 0.3) is 0 Å². The molecule has 0 radical (unpaired) electrons. The second-order valence-electron chi connectivity index (χ2n) is 3.06. The van der Waals surface area contributed by atoms with Gasteiger partial charge in [-0.05, 0) is 19.1 Å². The van der Waals surface area contributed by atoms with Crippen molar-refractivity contribution in [2.45, 2.75) is 17.9 Å². The van der Waals surface area contributed by atoms with E-state index >= 15 is 0 Å². The third-order valence-electron chi connectivity index (χ3n) is 1.81. The predicted octanol–water partition coefficient (Wildman–Crippen LogP) is 3.10. The van der Waals surface area contributed by atoms with E-state index in [1.54, 1.807) is 6.92 Å². The second kappa shape index (κ2) is 5.48. The molecule has 0 aliphatic rings. The van der Waals surface area contributed by atoms with Crippen LogP contribution in [0.15, 0.2) is 18.2 Å². The summed E-state index contributed by atoms with van der Waals surface area (Å²) in [5, 5.41) is 0. The average molecular weight is 312 g/mol. The number of nitrogens with zero attached hydrogens (tertiary/aromatic N) is 1. The summed E-state index contributed by atoms with van der Waals surface area (Å²) in [4.78, 5) is 13.7. The van der Waals surface area contributed by atoms with Crippen LogP contribution in [-0.4, -0.2) is 17.6 Å². The molecule has 0 aromatic carbocycles. The minimum Gasteiger partial charge on any atom is -0.465 e. The fourth-order valence-corrected chi connectivity index (χ4v) is 1.47. The van der Waals surface area contributed by atoms with E-state index in [1.165, 1.54) is 12.1 Å². The first-order valence-electron chi connectivity index (χ1n) is 4.71. The van der Waals surface area contributed by atoms with Crippen LogP contribution in [-0.2, 0) is 15.7 Å². The normalized spacial score (nSPS) is 13.2. The molecule has 0 aliphatic carbocycles. The maximum Gasteiger partial charge on any atom is 0.433 e. The first kappa shape index (κ1) is 14.0. The van der Waals surface area contributed by atoms with Gasteiger partial charge in [-0.3, -0.25) is 4.79 Å². The standard InChI is InChI=1S/C10H9BrF3NO2/c1-2-17-9(16)8(11)6-4-3-5-7(15-6)10(12,13)14/h3-5,8H,2H2,1H3. The van der Waals surface area contributed by atoms with Crippen molar-refractivity contribution in [2.24, 2.45) is 0 Å². The molecule has 0 saturated carbocycles. The molecule has 1 aromatic rings. The summed E-state index contributed by atoms with van der Waals surface area (Å²) in [6.07, 6.45) is -4.53. The Morgan fingerprint density at radius 2 is 2.18 bits per heavy atom. The van der Waals surface area contributed by atoms with Crippen LogP contribution >= 0.6 is 15.9 Å². The van der Waals surface area contributed by atoms with E-state index in [-0.39, 0.29) is 12.3 Å². The lowest BCUT2D eigenvalue weighted by Gasteiger charge is -2.11. The average Bonchev–Trinajstić information content (AvgIpc) is 2.27. The SMILES string of the molecule is CCOC(=O)C(Br)c1cccc(C(F)(F)F)n1. The number of ether oxygens (including phenoxy) is 1. The lowest BCUT2D eigenvalue weighted by Crippen LogP contribution is -2.15. The molecular weight excluding hydrogens is 303 g/mol. The third-order valence-corrected chi connectivity index (χ3v) is 2.66. The topological polar surface area (TPSA) is 39.2 Å². The number of aromatic nitrogens is 1. The van der Waals surface area contributed by atoms with E-state index in [9.17, 15) is 18.0 Å². The Balaban J connectivity index is 2.96. The summed E-state index contributed by atoms with van der Waals surface area (Å²) >= 11 is 2.95. The highest BCUT2D eigenvalue weighted by molar-refractivity contribution is 9.09. The molecule has 3 nitrogen and oxygen atoms in total. The fraction of sp³-hybridized carbons (Fsp3) is 0.400. The van der Waals surface area contributed by atoms with Crippen LogP contribution in [0.5, 0.6) is 0 Å². The molecule has 1 atom stereocenters. The zero-order chi connectivity index (χ0) is 13.1. The molecule has 7 heteroatoms. The Kier molecular flexibility index (Phi) is 4.50. The van der Waals surface area contributed by atoms with Crippen molar-refractivity contribution < 1.29 is 22.7 Å². The number of rotatable bonds is 3. The van der Waals surface area contributed by atoms with E-state index in [1.807, 2.05) is 0 Å². The van der Waals surface area contributed by atoms with Crippen molar-refractivity contribution in [1.29, 1.82) is 0 Å². The number of alkyl halides is 4. The van der Waals surface area contributed by atoms with Crippen molar-refractivity contribution in [3.05, 3.63) is 29.6 Å². The Bertz CT molecular complexity index is 409. The zero-order valence-electron chi connectivity index (χ0n) is 8.79. The summed E-state index contributed by atoms with van der Waals surface area (Å²) in [5.74, 6) is -0.667. The molecule has 0 amide bonds. The molecule has 17 heavy (non-hydrogen) atoms. The fourth-order valence-electron chi connectivity index (χ4n) is 1.09. The van der Waals surface area contributed by atoms with E-state index < -0.39 is 22.7 Å². The van der Waals surface area contributed by atoms with Crippen molar-refractivity contribution in [3.63, 3.8) is 0 Å². The highest BCUT2D eigenvalue weighted by Crippen LogP contribution is 2.30. The minimum absolute atomic E-state index is 0.0294. The van der Waals surface area contributed by atoms with Crippen molar-refractivity contribution >= 4 is 21.9 Å². The van der Waals surface area contributed by atoms with E-state index in [2.05, 4.69) is 25.7 Å². The maximum absolute atomic E-state index is 12.4. The smallest absolute Gasteiger partial charge is 0.433 e. The van der Waals surface area contributed by atoms with Crippen LogP contribution in [0.2, 0.25) is 0 Å². The molecule has 94 valence electrons. The van der Waals surface area contributed by atoms with E-state index in [0.29, 0.717) is 0 Å². The zero-order valence-corrected chi connectivity index (χ0v) is 10.4. The van der Waals surface area contributed by atoms with Crippen molar-refractivity contribution in [1.82, 2.24) is 4.98 Å². The van der Waals surface area contributed by atoms with Crippen LogP contribution in [0.1, 0.15) is 23.1 Å². The van der Waals surface area contributed by atoms with Gasteiger partial charge in [0, 0.05) is 0 Å². The number of hydrogen-bond donors (Lipinski definition) is 0. The molecule has 0 aliphatic heterocycles. The van der Waals surface area contributed by atoms with Gasteiger partial charge in [0.1, 0.15) is 5.69 Å². The summed E-state index contributed by atoms with van der Waals surface area (Å²) in [5.41, 5.74) is -1.07. The van der Waals surface area contributed by atoms with Gasteiger partial charge < -0.3 is 4.74 Å². The molecular formula is C10H9BrF3NO2. The molecule has 1 aromatic heterocycles. The molecule has 1 heterocycles. The largest absolute Gasteiger partial charge is 0.465 e. The number of esters is 1. The molecule has 1 rings (SSSR count). The van der Waals surface area contributed by atoms with E-state index in [4.69, 9.17) is 0 Å². The number of halogens is 4. The van der Waals surface area contributed by atoms with E-state index in [0.717, 1.165) is 6.07 Å². The number of hydrogen-bond acceptors (Lipinski definition) is 3. The van der Waals surface area contributed by atoms with Crippen LogP contribution in [0.4, 0.5) is 13.2 Å². The van der Waals surface area contributed by atoms with Gasteiger partial charge in [0.2, 0.25) is 0 Å². The van der Waals surface area contributed by atoms with Crippen molar-refractivity contribution in [3.8, 4) is 0 Å². The van der Waals surface area contributed by atoms with Gasteiger partial charge in [-0.25, -0.2) is 4.98 Å². The predicted molar refractivity (Wildman–Crippen MR) is 57.5 cm³/mol. The molecule has 0 bridgehead atoms. The molecule has 0 saturated heterocycles. The lowest BCUT2D eigenvalue weighted by atomic mass is 10.2. The molecule has 0 N–H and O–H groups in total. The summed E-state index contributed by atoms with van der Waals surface area (Å²) in [7, 11) is 0. The highest BCUT2D eigenvalue weighted by atomic mass is 79.9.